The maximum Gasteiger partial charge on any atom is 0.0544 e. The molecule has 1 aliphatic heterocycles. The summed E-state index contributed by atoms with van der Waals surface area (Å²) >= 11 is 0. The second-order valence-corrected chi connectivity index (χ2v) is 6.36. The predicted molar refractivity (Wildman–Crippen MR) is 93.0 cm³/mol. The maximum atomic E-state index is 4.53. The normalized spacial score (nSPS) is 18.8. The first-order valence-electron chi connectivity index (χ1n) is 8.57. The van der Waals surface area contributed by atoms with Gasteiger partial charge in [0, 0.05) is 37.7 Å². The molecule has 3 heterocycles. The third kappa shape index (κ3) is 4.60. The highest BCUT2D eigenvalue weighted by Gasteiger charge is 2.21. The van der Waals surface area contributed by atoms with E-state index in [1.165, 1.54) is 30.4 Å². The Hall–Kier alpha value is -1.78. The number of aromatic nitrogens is 2. The van der Waals surface area contributed by atoms with E-state index in [0.29, 0.717) is 6.04 Å². The fourth-order valence-corrected chi connectivity index (χ4v) is 3.26. The van der Waals surface area contributed by atoms with Gasteiger partial charge in [0.05, 0.1) is 5.69 Å². The minimum absolute atomic E-state index is 0.603. The van der Waals surface area contributed by atoms with Gasteiger partial charge in [-0.15, -0.1) is 0 Å². The van der Waals surface area contributed by atoms with Crippen molar-refractivity contribution >= 4 is 0 Å². The van der Waals surface area contributed by atoms with E-state index >= 15 is 0 Å². The molecule has 4 nitrogen and oxygen atoms in total. The molecule has 1 aliphatic rings. The summed E-state index contributed by atoms with van der Waals surface area (Å²) in [7, 11) is 0. The molecule has 0 radical (unpaired) electrons. The van der Waals surface area contributed by atoms with Crippen molar-refractivity contribution in [3.63, 3.8) is 0 Å². The number of rotatable bonds is 5. The molecule has 2 aromatic heterocycles. The molecular weight excluding hydrogens is 284 g/mol. The van der Waals surface area contributed by atoms with E-state index in [1.807, 2.05) is 24.7 Å². The molecule has 0 aliphatic carbocycles. The number of hydrogen-bond acceptors (Lipinski definition) is 4. The monoisotopic (exact) mass is 310 g/mol. The molecule has 4 heteroatoms. The van der Waals surface area contributed by atoms with Gasteiger partial charge in [0.1, 0.15) is 0 Å². The second-order valence-electron chi connectivity index (χ2n) is 6.36. The number of pyridine rings is 2. The topological polar surface area (TPSA) is 41.1 Å². The van der Waals surface area contributed by atoms with Gasteiger partial charge in [-0.1, -0.05) is 6.07 Å². The van der Waals surface area contributed by atoms with Gasteiger partial charge in [0.15, 0.2) is 0 Å². The largest absolute Gasteiger partial charge is 0.317 e. The molecule has 23 heavy (non-hydrogen) atoms. The van der Waals surface area contributed by atoms with E-state index in [1.54, 1.807) is 0 Å². The average Bonchev–Trinajstić information content (AvgIpc) is 2.86. The smallest absolute Gasteiger partial charge is 0.0544 e. The maximum absolute atomic E-state index is 4.53. The quantitative estimate of drug-likeness (QED) is 0.922. The first-order chi connectivity index (χ1) is 11.3. The van der Waals surface area contributed by atoms with Crippen LogP contribution in [0.3, 0.4) is 0 Å². The van der Waals surface area contributed by atoms with E-state index in [2.05, 4.69) is 45.3 Å². The molecule has 2 aromatic rings. The molecule has 122 valence electrons. The summed E-state index contributed by atoms with van der Waals surface area (Å²) in [5.74, 6) is 0. The van der Waals surface area contributed by atoms with Gasteiger partial charge >= 0.3 is 0 Å². The fourth-order valence-electron chi connectivity index (χ4n) is 3.26. The molecule has 1 N–H and O–H groups in total. The van der Waals surface area contributed by atoms with Gasteiger partial charge in [-0.05, 0) is 68.6 Å². The molecule has 1 saturated heterocycles. The van der Waals surface area contributed by atoms with Crippen molar-refractivity contribution in [1.29, 1.82) is 0 Å². The zero-order valence-electron chi connectivity index (χ0n) is 13.9. The van der Waals surface area contributed by atoms with Gasteiger partial charge in [-0.3, -0.25) is 14.9 Å². The molecular formula is C19H26N4. The summed E-state index contributed by atoms with van der Waals surface area (Å²) < 4.78 is 0. The van der Waals surface area contributed by atoms with E-state index in [-0.39, 0.29) is 0 Å². The zero-order valence-corrected chi connectivity index (χ0v) is 13.9. The zero-order chi connectivity index (χ0) is 15.9. The SMILES string of the molecule is Cc1ccncc1CN(Cc1ccccn1)C1CCCNCC1. The first-order valence-corrected chi connectivity index (χ1v) is 8.57. The molecule has 1 unspecified atom stereocenters. The van der Waals surface area contributed by atoms with Crippen LogP contribution in [-0.4, -0.2) is 34.0 Å². The van der Waals surface area contributed by atoms with Crippen LogP contribution in [0.15, 0.2) is 42.9 Å². The minimum Gasteiger partial charge on any atom is -0.317 e. The highest BCUT2D eigenvalue weighted by molar-refractivity contribution is 5.21. The van der Waals surface area contributed by atoms with Crippen molar-refractivity contribution in [1.82, 2.24) is 20.2 Å². The molecule has 0 bridgehead atoms. The summed E-state index contributed by atoms with van der Waals surface area (Å²) in [6.45, 7) is 6.26. The van der Waals surface area contributed by atoms with E-state index in [9.17, 15) is 0 Å². The number of aryl methyl sites for hydroxylation is 1. The molecule has 0 saturated carbocycles. The van der Waals surface area contributed by atoms with Crippen LogP contribution in [0.25, 0.3) is 0 Å². The van der Waals surface area contributed by atoms with Crippen LogP contribution in [0.4, 0.5) is 0 Å². The fraction of sp³-hybridized carbons (Fsp3) is 0.474. The van der Waals surface area contributed by atoms with Crippen LogP contribution in [0.5, 0.6) is 0 Å². The van der Waals surface area contributed by atoms with Crippen molar-refractivity contribution < 1.29 is 0 Å². The van der Waals surface area contributed by atoms with E-state index < -0.39 is 0 Å². The van der Waals surface area contributed by atoms with Crippen molar-refractivity contribution in [2.45, 2.75) is 45.3 Å². The first kappa shape index (κ1) is 16.1. The number of hydrogen-bond donors (Lipinski definition) is 1. The van der Waals surface area contributed by atoms with Crippen molar-refractivity contribution in [2.24, 2.45) is 0 Å². The summed E-state index contributed by atoms with van der Waals surface area (Å²) in [6, 6.07) is 8.88. The third-order valence-corrected chi connectivity index (χ3v) is 4.67. The Morgan fingerprint density at radius 3 is 2.91 bits per heavy atom. The van der Waals surface area contributed by atoms with Crippen LogP contribution < -0.4 is 5.32 Å². The molecule has 1 atom stereocenters. The highest BCUT2D eigenvalue weighted by atomic mass is 15.2. The molecule has 0 spiro atoms. The average molecular weight is 310 g/mol. The summed E-state index contributed by atoms with van der Waals surface area (Å²) in [5, 5.41) is 3.52. The lowest BCUT2D eigenvalue weighted by molar-refractivity contribution is 0.162. The van der Waals surface area contributed by atoms with Crippen molar-refractivity contribution in [3.05, 3.63) is 59.7 Å². The lowest BCUT2D eigenvalue weighted by atomic mass is 10.0. The Morgan fingerprint density at radius 1 is 1.13 bits per heavy atom. The Morgan fingerprint density at radius 2 is 2.09 bits per heavy atom. The lowest BCUT2D eigenvalue weighted by Crippen LogP contribution is -2.35. The summed E-state index contributed by atoms with van der Waals surface area (Å²) in [6.07, 6.45) is 9.46. The van der Waals surface area contributed by atoms with Crippen LogP contribution in [0, 0.1) is 6.92 Å². The standard InChI is InChI=1S/C19H26N4/c1-16-7-11-21-13-17(16)14-23(15-18-5-2-3-10-22-18)19-6-4-9-20-12-8-19/h2-3,5,7,10-11,13,19-20H,4,6,8-9,12,14-15H2,1H3. The van der Waals surface area contributed by atoms with Gasteiger partial charge in [-0.2, -0.15) is 0 Å². The minimum atomic E-state index is 0.603. The summed E-state index contributed by atoms with van der Waals surface area (Å²) in [5.41, 5.74) is 3.78. The molecule has 3 rings (SSSR count). The van der Waals surface area contributed by atoms with Crippen molar-refractivity contribution in [3.8, 4) is 0 Å². The van der Waals surface area contributed by atoms with Crippen LogP contribution >= 0.6 is 0 Å². The number of nitrogens with zero attached hydrogens (tertiary/aromatic N) is 3. The van der Waals surface area contributed by atoms with E-state index in [4.69, 9.17) is 0 Å². The third-order valence-electron chi connectivity index (χ3n) is 4.67. The Labute approximate surface area is 139 Å². The highest BCUT2D eigenvalue weighted by Crippen LogP contribution is 2.20. The van der Waals surface area contributed by atoms with E-state index in [0.717, 1.165) is 31.9 Å². The second kappa shape index (κ2) is 8.18. The van der Waals surface area contributed by atoms with Crippen LogP contribution in [0.1, 0.15) is 36.1 Å². The summed E-state index contributed by atoms with van der Waals surface area (Å²) in [4.78, 5) is 11.4. The van der Waals surface area contributed by atoms with Crippen LogP contribution in [-0.2, 0) is 13.1 Å². The van der Waals surface area contributed by atoms with Gasteiger partial charge < -0.3 is 5.32 Å². The molecule has 0 amide bonds. The van der Waals surface area contributed by atoms with Gasteiger partial charge in [0.2, 0.25) is 0 Å². The Kier molecular flexibility index (Phi) is 5.72. The number of nitrogens with one attached hydrogen (secondary N) is 1. The predicted octanol–water partition coefficient (Wildman–Crippen LogP) is 2.93. The van der Waals surface area contributed by atoms with Gasteiger partial charge in [-0.25, -0.2) is 0 Å². The van der Waals surface area contributed by atoms with Gasteiger partial charge in [0.25, 0.3) is 0 Å². The molecule has 1 fully saturated rings. The molecule has 0 aromatic carbocycles. The van der Waals surface area contributed by atoms with Crippen LogP contribution in [0.2, 0.25) is 0 Å². The Balaban J connectivity index is 1.78. The Bertz CT molecular complexity index is 591. The van der Waals surface area contributed by atoms with Crippen molar-refractivity contribution in [2.75, 3.05) is 13.1 Å². The lowest BCUT2D eigenvalue weighted by Gasteiger charge is -2.31.